The molecule has 7 heteroatoms. The number of rotatable bonds is 9. The highest BCUT2D eigenvalue weighted by Crippen LogP contribution is 2.27. The van der Waals surface area contributed by atoms with Gasteiger partial charge >= 0.3 is 0 Å². The highest BCUT2D eigenvalue weighted by atomic mass is 79.9. The first-order chi connectivity index (χ1) is 15.5. The summed E-state index contributed by atoms with van der Waals surface area (Å²) in [5.41, 5.74) is 2.20. The second kappa shape index (κ2) is 12.0. The predicted molar refractivity (Wildman–Crippen MR) is 127 cm³/mol. The van der Waals surface area contributed by atoms with Gasteiger partial charge in [0.1, 0.15) is 11.9 Å². The van der Waals surface area contributed by atoms with Gasteiger partial charge in [-0.3, -0.25) is 4.79 Å². The molecular weight excluding hydrogens is 473 g/mol. The smallest absolute Gasteiger partial charge is 0.223 e. The number of nitrogens with one attached hydrogen (secondary N) is 1. The summed E-state index contributed by atoms with van der Waals surface area (Å²) in [4.78, 5) is 15.1. The average molecular weight is 502 g/mol. The number of amides is 1. The van der Waals surface area contributed by atoms with Crippen molar-refractivity contribution in [2.24, 2.45) is 5.92 Å². The normalized spacial score (nSPS) is 15.2. The second-order valence-corrected chi connectivity index (χ2v) is 9.06. The number of anilines is 1. The zero-order valence-electron chi connectivity index (χ0n) is 18.3. The van der Waals surface area contributed by atoms with Gasteiger partial charge in [0.05, 0.1) is 23.9 Å². The third-order valence-electron chi connectivity index (χ3n) is 5.67. The average Bonchev–Trinajstić information content (AvgIpc) is 2.79. The number of ether oxygens (including phenoxy) is 1. The summed E-state index contributed by atoms with van der Waals surface area (Å²) in [7, 11) is 0. The van der Waals surface area contributed by atoms with Crippen molar-refractivity contribution in [1.29, 1.82) is 5.26 Å². The van der Waals surface area contributed by atoms with Crippen LogP contribution >= 0.6 is 15.9 Å². The predicted octanol–water partition coefficient (Wildman–Crippen LogP) is 4.83. The molecule has 3 rings (SSSR count). The molecule has 1 heterocycles. The van der Waals surface area contributed by atoms with Crippen LogP contribution in [0.5, 0.6) is 0 Å². The molecular formula is C25H29BrFN3O2. The Morgan fingerprint density at radius 2 is 2.09 bits per heavy atom. The molecule has 0 spiro atoms. The molecule has 5 nitrogen and oxygen atoms in total. The van der Waals surface area contributed by atoms with Crippen LogP contribution in [0.2, 0.25) is 0 Å². The van der Waals surface area contributed by atoms with Gasteiger partial charge in [0.2, 0.25) is 5.91 Å². The van der Waals surface area contributed by atoms with E-state index in [1.807, 2.05) is 12.1 Å². The van der Waals surface area contributed by atoms with Crippen molar-refractivity contribution < 1.29 is 13.9 Å². The highest BCUT2D eigenvalue weighted by Gasteiger charge is 2.27. The van der Waals surface area contributed by atoms with E-state index in [2.05, 4.69) is 51.3 Å². The van der Waals surface area contributed by atoms with Crippen molar-refractivity contribution in [1.82, 2.24) is 5.32 Å². The van der Waals surface area contributed by atoms with Gasteiger partial charge in [-0.05, 0) is 61.6 Å². The largest absolute Gasteiger partial charge is 0.379 e. The lowest BCUT2D eigenvalue weighted by molar-refractivity contribution is -0.126. The first kappa shape index (κ1) is 24.2. The van der Waals surface area contributed by atoms with E-state index >= 15 is 0 Å². The van der Waals surface area contributed by atoms with Gasteiger partial charge in [0.15, 0.2) is 0 Å². The summed E-state index contributed by atoms with van der Waals surface area (Å²) >= 11 is 3.50. The first-order valence-electron chi connectivity index (χ1n) is 11.1. The van der Waals surface area contributed by atoms with E-state index in [9.17, 15) is 14.4 Å². The van der Waals surface area contributed by atoms with Crippen molar-refractivity contribution in [2.75, 3.05) is 31.2 Å². The fourth-order valence-electron chi connectivity index (χ4n) is 4.05. The lowest BCUT2D eigenvalue weighted by atomic mass is 9.94. The molecule has 32 heavy (non-hydrogen) atoms. The van der Waals surface area contributed by atoms with Crippen LogP contribution in [-0.2, 0) is 16.0 Å². The number of carbonyl (C=O) groups excluding carboxylic acids is 1. The van der Waals surface area contributed by atoms with Gasteiger partial charge in [-0.25, -0.2) is 4.39 Å². The third kappa shape index (κ3) is 6.78. The number of hydrogen-bond acceptors (Lipinski definition) is 4. The summed E-state index contributed by atoms with van der Waals surface area (Å²) in [6.45, 7) is 4.52. The summed E-state index contributed by atoms with van der Waals surface area (Å²) in [5, 5.41) is 12.5. The van der Waals surface area contributed by atoms with Crippen LogP contribution in [0.15, 0.2) is 46.9 Å². The highest BCUT2D eigenvalue weighted by molar-refractivity contribution is 9.10. The zero-order valence-corrected chi connectivity index (χ0v) is 19.9. The maximum absolute atomic E-state index is 13.4. The van der Waals surface area contributed by atoms with E-state index < -0.39 is 5.82 Å². The van der Waals surface area contributed by atoms with Gasteiger partial charge in [-0.15, -0.1) is 0 Å². The molecule has 0 aliphatic carbocycles. The molecule has 1 fully saturated rings. The van der Waals surface area contributed by atoms with Crippen LogP contribution in [0.25, 0.3) is 0 Å². The van der Waals surface area contributed by atoms with E-state index in [4.69, 9.17) is 4.74 Å². The Labute approximate surface area is 197 Å². The minimum absolute atomic E-state index is 0.0457. The molecule has 1 aliphatic rings. The monoisotopic (exact) mass is 501 g/mol. The van der Waals surface area contributed by atoms with Gasteiger partial charge < -0.3 is 15.0 Å². The summed E-state index contributed by atoms with van der Waals surface area (Å²) in [6, 6.07) is 14.3. The van der Waals surface area contributed by atoms with Crippen molar-refractivity contribution in [3.63, 3.8) is 0 Å². The van der Waals surface area contributed by atoms with E-state index in [-0.39, 0.29) is 17.9 Å². The number of benzene rings is 2. The lowest BCUT2D eigenvalue weighted by Gasteiger charge is -2.34. The van der Waals surface area contributed by atoms with E-state index in [0.29, 0.717) is 51.1 Å². The standard InChI is InChI=1S/C25H29BrFN3O2/c1-2-12-32-17-23(14-18-4-3-5-21(26)13-18)29-25(31)19-8-10-30(11-9-19)24-7-6-22(27)15-20(24)16-28/h3-7,13,15,19,23H,2,8-12,14,17H2,1H3,(H,29,31). The summed E-state index contributed by atoms with van der Waals surface area (Å²) in [6.07, 6.45) is 3.01. The number of piperidine rings is 1. The summed E-state index contributed by atoms with van der Waals surface area (Å²) in [5.74, 6) is -0.459. The van der Waals surface area contributed by atoms with Crippen molar-refractivity contribution in [3.8, 4) is 6.07 Å². The van der Waals surface area contributed by atoms with Gasteiger partial charge in [-0.1, -0.05) is 35.0 Å². The number of carbonyl (C=O) groups is 1. The van der Waals surface area contributed by atoms with Crippen LogP contribution in [0.4, 0.5) is 10.1 Å². The van der Waals surface area contributed by atoms with Crippen LogP contribution < -0.4 is 10.2 Å². The SMILES string of the molecule is CCCOCC(Cc1cccc(Br)c1)NC(=O)C1CCN(c2ccc(F)cc2C#N)CC1. The fourth-order valence-corrected chi connectivity index (χ4v) is 4.49. The molecule has 2 aromatic rings. The Morgan fingerprint density at radius 1 is 1.31 bits per heavy atom. The van der Waals surface area contributed by atoms with E-state index in [1.165, 1.54) is 12.1 Å². The molecule has 0 bridgehead atoms. The van der Waals surface area contributed by atoms with Crippen molar-refractivity contribution in [2.45, 2.75) is 38.6 Å². The molecule has 1 amide bonds. The first-order valence-corrected chi connectivity index (χ1v) is 11.9. The van der Waals surface area contributed by atoms with Crippen LogP contribution in [0, 0.1) is 23.1 Å². The number of hydrogen-bond donors (Lipinski definition) is 1. The zero-order chi connectivity index (χ0) is 22.9. The molecule has 1 unspecified atom stereocenters. The van der Waals surface area contributed by atoms with Gasteiger partial charge in [-0.2, -0.15) is 5.26 Å². The molecule has 0 aromatic heterocycles. The molecule has 0 radical (unpaired) electrons. The van der Waals surface area contributed by atoms with Gasteiger partial charge in [0, 0.05) is 30.1 Å². The van der Waals surface area contributed by atoms with Crippen LogP contribution in [0.1, 0.15) is 37.3 Å². The Bertz CT molecular complexity index is 954. The molecule has 1 N–H and O–H groups in total. The minimum Gasteiger partial charge on any atom is -0.379 e. The molecule has 0 saturated carbocycles. The maximum Gasteiger partial charge on any atom is 0.223 e. The number of nitrogens with zero attached hydrogens (tertiary/aromatic N) is 2. The van der Waals surface area contributed by atoms with Crippen molar-refractivity contribution >= 4 is 27.5 Å². The summed E-state index contributed by atoms with van der Waals surface area (Å²) < 4.78 is 20.2. The minimum atomic E-state index is -0.415. The Hall–Kier alpha value is -2.43. The molecule has 1 saturated heterocycles. The third-order valence-corrected chi connectivity index (χ3v) is 6.16. The lowest BCUT2D eigenvalue weighted by Crippen LogP contribution is -2.46. The molecule has 170 valence electrons. The Balaban J connectivity index is 1.59. The topological polar surface area (TPSA) is 65.4 Å². The second-order valence-electron chi connectivity index (χ2n) is 8.15. The Morgan fingerprint density at radius 3 is 2.78 bits per heavy atom. The number of nitriles is 1. The number of halogens is 2. The van der Waals surface area contributed by atoms with E-state index in [0.717, 1.165) is 22.1 Å². The Kier molecular flexibility index (Phi) is 9.07. The maximum atomic E-state index is 13.4. The fraction of sp³-hybridized carbons (Fsp3) is 0.440. The molecule has 2 aromatic carbocycles. The quantitative estimate of drug-likeness (QED) is 0.499. The van der Waals surface area contributed by atoms with E-state index in [1.54, 1.807) is 6.07 Å². The molecule has 1 atom stereocenters. The van der Waals surface area contributed by atoms with Gasteiger partial charge in [0.25, 0.3) is 0 Å². The van der Waals surface area contributed by atoms with Crippen LogP contribution in [0.3, 0.4) is 0 Å². The van der Waals surface area contributed by atoms with Crippen LogP contribution in [-0.4, -0.2) is 38.3 Å². The van der Waals surface area contributed by atoms with Crippen molar-refractivity contribution in [3.05, 3.63) is 63.9 Å². The molecule has 1 aliphatic heterocycles.